The molecule has 17 heavy (non-hydrogen) atoms. The first kappa shape index (κ1) is 11.7. The zero-order valence-corrected chi connectivity index (χ0v) is 10.9. The van der Waals surface area contributed by atoms with Crippen LogP contribution in [0.3, 0.4) is 0 Å². The Morgan fingerprint density at radius 3 is 2.82 bits per heavy atom. The maximum absolute atomic E-state index is 3.74. The van der Waals surface area contributed by atoms with Crippen molar-refractivity contribution < 1.29 is 0 Å². The van der Waals surface area contributed by atoms with E-state index >= 15 is 0 Å². The van der Waals surface area contributed by atoms with Gasteiger partial charge >= 0.3 is 0 Å². The SMILES string of the molecule is CN1CCN(CCNC2CC3CC=CC32)CC1. The lowest BCUT2D eigenvalue weighted by Crippen LogP contribution is -2.51. The summed E-state index contributed by atoms with van der Waals surface area (Å²) in [5.41, 5.74) is 0. The van der Waals surface area contributed by atoms with Crippen LogP contribution in [-0.2, 0) is 0 Å². The highest BCUT2D eigenvalue weighted by atomic mass is 15.2. The molecule has 0 radical (unpaired) electrons. The summed E-state index contributed by atoms with van der Waals surface area (Å²) in [6.45, 7) is 7.36. The van der Waals surface area contributed by atoms with E-state index in [0.29, 0.717) is 0 Å². The fraction of sp³-hybridized carbons (Fsp3) is 0.857. The van der Waals surface area contributed by atoms with Crippen molar-refractivity contribution in [2.45, 2.75) is 18.9 Å². The van der Waals surface area contributed by atoms with Crippen molar-refractivity contribution in [1.82, 2.24) is 15.1 Å². The monoisotopic (exact) mass is 235 g/mol. The second-order valence-electron chi connectivity index (χ2n) is 5.94. The summed E-state index contributed by atoms with van der Waals surface area (Å²) in [7, 11) is 2.22. The van der Waals surface area contributed by atoms with E-state index in [1.165, 1.54) is 52.1 Å². The van der Waals surface area contributed by atoms with E-state index in [-0.39, 0.29) is 0 Å². The van der Waals surface area contributed by atoms with E-state index in [1.807, 2.05) is 0 Å². The van der Waals surface area contributed by atoms with Gasteiger partial charge in [-0.25, -0.2) is 0 Å². The van der Waals surface area contributed by atoms with Crippen LogP contribution in [0.1, 0.15) is 12.8 Å². The van der Waals surface area contributed by atoms with Gasteiger partial charge < -0.3 is 10.2 Å². The fourth-order valence-corrected chi connectivity index (χ4v) is 3.43. The quantitative estimate of drug-likeness (QED) is 0.727. The average molecular weight is 235 g/mol. The Labute approximate surface area is 105 Å². The first-order valence-electron chi connectivity index (χ1n) is 7.14. The van der Waals surface area contributed by atoms with Gasteiger partial charge in [0, 0.05) is 45.3 Å². The number of hydrogen-bond donors (Lipinski definition) is 1. The van der Waals surface area contributed by atoms with Gasteiger partial charge in [0.1, 0.15) is 0 Å². The van der Waals surface area contributed by atoms with Crippen molar-refractivity contribution in [3.8, 4) is 0 Å². The highest BCUT2D eigenvalue weighted by molar-refractivity contribution is 5.12. The normalized spacial score (nSPS) is 38.1. The first-order valence-corrected chi connectivity index (χ1v) is 7.14. The summed E-state index contributed by atoms with van der Waals surface area (Å²) >= 11 is 0. The van der Waals surface area contributed by atoms with Crippen LogP contribution in [0.15, 0.2) is 12.2 Å². The Kier molecular flexibility index (Phi) is 3.50. The number of allylic oxidation sites excluding steroid dienone is 1. The lowest BCUT2D eigenvalue weighted by molar-refractivity contribution is 0.134. The molecule has 3 unspecified atom stereocenters. The van der Waals surface area contributed by atoms with Crippen molar-refractivity contribution in [3.63, 3.8) is 0 Å². The Balaban J connectivity index is 1.32. The summed E-state index contributed by atoms with van der Waals surface area (Å²) in [6, 6.07) is 0.784. The van der Waals surface area contributed by atoms with Crippen molar-refractivity contribution >= 4 is 0 Å². The van der Waals surface area contributed by atoms with Gasteiger partial charge in [-0.2, -0.15) is 0 Å². The van der Waals surface area contributed by atoms with Crippen LogP contribution in [0.4, 0.5) is 0 Å². The van der Waals surface area contributed by atoms with Crippen molar-refractivity contribution in [3.05, 3.63) is 12.2 Å². The molecule has 3 aliphatic rings. The molecule has 1 saturated carbocycles. The molecule has 1 N–H and O–H groups in total. The summed E-state index contributed by atoms with van der Waals surface area (Å²) in [6.07, 6.45) is 7.54. The molecular weight excluding hydrogens is 210 g/mol. The topological polar surface area (TPSA) is 18.5 Å². The molecule has 0 bridgehead atoms. The summed E-state index contributed by atoms with van der Waals surface area (Å²) < 4.78 is 0. The maximum Gasteiger partial charge on any atom is 0.0136 e. The fourth-order valence-electron chi connectivity index (χ4n) is 3.43. The minimum atomic E-state index is 0.784. The lowest BCUT2D eigenvalue weighted by Gasteiger charge is -2.41. The maximum atomic E-state index is 3.74. The lowest BCUT2D eigenvalue weighted by atomic mass is 9.71. The van der Waals surface area contributed by atoms with E-state index in [1.54, 1.807) is 0 Å². The van der Waals surface area contributed by atoms with Crippen molar-refractivity contribution in [2.24, 2.45) is 11.8 Å². The Bertz CT molecular complexity index is 281. The van der Waals surface area contributed by atoms with Crippen LogP contribution < -0.4 is 5.32 Å². The molecule has 2 aliphatic carbocycles. The molecule has 1 heterocycles. The van der Waals surface area contributed by atoms with E-state index in [4.69, 9.17) is 0 Å². The predicted molar refractivity (Wildman–Crippen MR) is 71.1 cm³/mol. The summed E-state index contributed by atoms with van der Waals surface area (Å²) in [5, 5.41) is 3.74. The molecule has 0 aromatic rings. The second kappa shape index (κ2) is 5.09. The van der Waals surface area contributed by atoms with Gasteiger partial charge in [0.2, 0.25) is 0 Å². The number of piperazine rings is 1. The molecule has 1 aliphatic heterocycles. The third-order valence-corrected chi connectivity index (χ3v) is 4.79. The minimum Gasteiger partial charge on any atom is -0.312 e. The second-order valence-corrected chi connectivity index (χ2v) is 5.94. The van der Waals surface area contributed by atoms with Gasteiger partial charge in [-0.15, -0.1) is 0 Å². The van der Waals surface area contributed by atoms with Gasteiger partial charge in [0.15, 0.2) is 0 Å². The molecular formula is C14H25N3. The number of fused-ring (bicyclic) bond motifs is 1. The van der Waals surface area contributed by atoms with E-state index in [9.17, 15) is 0 Å². The third-order valence-electron chi connectivity index (χ3n) is 4.79. The van der Waals surface area contributed by atoms with Gasteiger partial charge in [0.25, 0.3) is 0 Å². The van der Waals surface area contributed by atoms with Crippen molar-refractivity contribution in [1.29, 1.82) is 0 Å². The zero-order valence-electron chi connectivity index (χ0n) is 10.9. The van der Waals surface area contributed by atoms with E-state index in [2.05, 4.69) is 34.3 Å². The summed E-state index contributed by atoms with van der Waals surface area (Å²) in [5.74, 6) is 1.85. The smallest absolute Gasteiger partial charge is 0.0136 e. The van der Waals surface area contributed by atoms with E-state index in [0.717, 1.165) is 17.9 Å². The average Bonchev–Trinajstić information content (AvgIpc) is 2.68. The molecule has 96 valence electrons. The van der Waals surface area contributed by atoms with Crippen LogP contribution >= 0.6 is 0 Å². The van der Waals surface area contributed by atoms with Gasteiger partial charge in [0.05, 0.1) is 0 Å². The third kappa shape index (κ3) is 2.56. The molecule has 2 fully saturated rings. The molecule has 3 heteroatoms. The zero-order chi connectivity index (χ0) is 11.7. The molecule has 0 aromatic heterocycles. The molecule has 0 spiro atoms. The molecule has 3 atom stereocenters. The minimum absolute atomic E-state index is 0.784. The standard InChI is InChI=1S/C14H25N3/c1-16-7-9-17(10-8-16)6-5-15-14-11-12-3-2-4-13(12)14/h2,4,12-15H,3,5-11H2,1H3. The van der Waals surface area contributed by atoms with Crippen LogP contribution in [0.2, 0.25) is 0 Å². The first-order chi connectivity index (χ1) is 8.33. The Morgan fingerprint density at radius 1 is 1.24 bits per heavy atom. The van der Waals surface area contributed by atoms with Gasteiger partial charge in [-0.05, 0) is 31.7 Å². The largest absolute Gasteiger partial charge is 0.312 e. The highest BCUT2D eigenvalue weighted by Gasteiger charge is 2.40. The molecule has 3 nitrogen and oxygen atoms in total. The highest BCUT2D eigenvalue weighted by Crippen LogP contribution is 2.42. The molecule has 3 rings (SSSR count). The Morgan fingerprint density at radius 2 is 2.06 bits per heavy atom. The number of likely N-dealkylation sites (N-methyl/N-ethyl adjacent to an activating group) is 1. The van der Waals surface area contributed by atoms with Gasteiger partial charge in [-0.3, -0.25) is 4.90 Å². The van der Waals surface area contributed by atoms with Crippen LogP contribution in [0.5, 0.6) is 0 Å². The Hall–Kier alpha value is -0.380. The number of hydrogen-bond acceptors (Lipinski definition) is 3. The number of nitrogens with one attached hydrogen (secondary N) is 1. The van der Waals surface area contributed by atoms with Crippen LogP contribution in [0.25, 0.3) is 0 Å². The molecule has 0 amide bonds. The number of nitrogens with zero attached hydrogens (tertiary/aromatic N) is 2. The van der Waals surface area contributed by atoms with E-state index < -0.39 is 0 Å². The molecule has 0 aromatic carbocycles. The number of rotatable bonds is 4. The summed E-state index contributed by atoms with van der Waals surface area (Å²) in [4.78, 5) is 5.01. The molecule has 1 saturated heterocycles. The van der Waals surface area contributed by atoms with Gasteiger partial charge in [-0.1, -0.05) is 12.2 Å². The van der Waals surface area contributed by atoms with Crippen molar-refractivity contribution in [2.75, 3.05) is 46.3 Å². The van der Waals surface area contributed by atoms with Crippen LogP contribution in [-0.4, -0.2) is 62.2 Å². The van der Waals surface area contributed by atoms with Crippen LogP contribution in [0, 0.1) is 11.8 Å². The predicted octanol–water partition coefficient (Wildman–Crippen LogP) is 0.788.